The monoisotopic (exact) mass is 331 g/mol. The van der Waals surface area contributed by atoms with Crippen LogP contribution in [0.2, 0.25) is 0 Å². The second-order valence-corrected chi connectivity index (χ2v) is 6.40. The fourth-order valence-electron chi connectivity index (χ4n) is 3.01. The smallest absolute Gasteiger partial charge is 0.231 e. The zero-order valence-corrected chi connectivity index (χ0v) is 14.0. The molecule has 1 saturated heterocycles. The van der Waals surface area contributed by atoms with Crippen LogP contribution >= 0.6 is 0 Å². The topological polar surface area (TPSA) is 59.2 Å². The van der Waals surface area contributed by atoms with Crippen molar-refractivity contribution in [2.45, 2.75) is 39.0 Å². The summed E-state index contributed by atoms with van der Waals surface area (Å²) in [5, 5.41) is 3.97. The lowest BCUT2D eigenvalue weighted by atomic mass is 9.96. The van der Waals surface area contributed by atoms with E-state index in [-0.39, 0.29) is 23.6 Å². The Morgan fingerprint density at radius 1 is 1.50 bits per heavy atom. The van der Waals surface area contributed by atoms with Crippen LogP contribution < -0.4 is 0 Å². The molecule has 2 heterocycles. The summed E-state index contributed by atoms with van der Waals surface area (Å²) in [6.07, 6.45) is 2.67. The second-order valence-electron chi connectivity index (χ2n) is 6.40. The minimum absolute atomic E-state index is 0.0364. The van der Waals surface area contributed by atoms with Crippen LogP contribution in [0.3, 0.4) is 0 Å². The Labute approximate surface area is 140 Å². The summed E-state index contributed by atoms with van der Waals surface area (Å²) in [7, 11) is 0. The SMILES string of the molecule is CC[C@@H](C)C(=O)N1CCC[C@@H](c2nc(-c3cccc(F)c3)no2)C1. The van der Waals surface area contributed by atoms with E-state index in [1.165, 1.54) is 12.1 Å². The first kappa shape index (κ1) is 16.6. The molecule has 1 aromatic heterocycles. The lowest BCUT2D eigenvalue weighted by molar-refractivity contribution is -0.136. The predicted molar refractivity (Wildman–Crippen MR) is 87.7 cm³/mol. The summed E-state index contributed by atoms with van der Waals surface area (Å²) in [5.74, 6) is 0.843. The van der Waals surface area contributed by atoms with Crippen molar-refractivity contribution in [1.29, 1.82) is 0 Å². The molecule has 0 saturated carbocycles. The van der Waals surface area contributed by atoms with Gasteiger partial charge in [0, 0.05) is 24.6 Å². The van der Waals surface area contributed by atoms with Crippen molar-refractivity contribution in [2.24, 2.45) is 5.92 Å². The van der Waals surface area contributed by atoms with Crippen molar-refractivity contribution in [3.63, 3.8) is 0 Å². The maximum atomic E-state index is 13.3. The Morgan fingerprint density at radius 2 is 2.33 bits per heavy atom. The van der Waals surface area contributed by atoms with Gasteiger partial charge in [0.1, 0.15) is 5.82 Å². The van der Waals surface area contributed by atoms with E-state index in [9.17, 15) is 9.18 Å². The third kappa shape index (κ3) is 3.47. The summed E-state index contributed by atoms with van der Waals surface area (Å²) in [6.45, 7) is 5.37. The largest absolute Gasteiger partial charge is 0.342 e. The van der Waals surface area contributed by atoms with Crippen molar-refractivity contribution in [1.82, 2.24) is 15.0 Å². The third-order valence-corrected chi connectivity index (χ3v) is 4.64. The highest BCUT2D eigenvalue weighted by Gasteiger charge is 2.30. The molecule has 1 aliphatic heterocycles. The Balaban J connectivity index is 1.74. The Hall–Kier alpha value is -2.24. The van der Waals surface area contributed by atoms with Crippen LogP contribution in [-0.2, 0) is 4.79 Å². The molecule has 3 rings (SSSR count). The molecule has 1 fully saturated rings. The number of carbonyl (C=O) groups excluding carboxylic acids is 1. The number of amides is 1. The van der Waals surface area contributed by atoms with E-state index in [1.807, 2.05) is 18.7 Å². The summed E-state index contributed by atoms with van der Waals surface area (Å²) in [4.78, 5) is 18.7. The number of hydrogen-bond acceptors (Lipinski definition) is 4. The molecule has 1 amide bonds. The van der Waals surface area contributed by atoms with E-state index in [2.05, 4.69) is 10.1 Å². The van der Waals surface area contributed by atoms with Gasteiger partial charge in [-0.25, -0.2) is 4.39 Å². The summed E-state index contributed by atoms with van der Waals surface area (Å²) in [6, 6.07) is 6.13. The number of nitrogens with zero attached hydrogens (tertiary/aromatic N) is 3. The third-order valence-electron chi connectivity index (χ3n) is 4.64. The van der Waals surface area contributed by atoms with E-state index in [1.54, 1.807) is 12.1 Å². The minimum Gasteiger partial charge on any atom is -0.342 e. The molecule has 2 aromatic rings. The zero-order chi connectivity index (χ0) is 17.1. The van der Waals surface area contributed by atoms with Gasteiger partial charge < -0.3 is 9.42 Å². The van der Waals surface area contributed by atoms with Gasteiger partial charge in [-0.05, 0) is 31.4 Å². The highest BCUT2D eigenvalue weighted by Crippen LogP contribution is 2.28. The average Bonchev–Trinajstić information content (AvgIpc) is 3.11. The fraction of sp³-hybridized carbons (Fsp3) is 0.500. The van der Waals surface area contributed by atoms with Gasteiger partial charge in [-0.3, -0.25) is 4.79 Å². The van der Waals surface area contributed by atoms with Gasteiger partial charge in [0.15, 0.2) is 0 Å². The molecule has 2 atom stereocenters. The standard InChI is InChI=1S/C18H22FN3O2/c1-3-12(2)18(23)22-9-5-7-14(11-22)17-20-16(21-24-17)13-6-4-8-15(19)10-13/h4,6,8,10,12,14H,3,5,7,9,11H2,1-2H3/t12-,14-/m1/s1. The van der Waals surface area contributed by atoms with Crippen molar-refractivity contribution < 1.29 is 13.7 Å². The first-order valence-electron chi connectivity index (χ1n) is 8.46. The van der Waals surface area contributed by atoms with Crippen LogP contribution in [-0.4, -0.2) is 34.0 Å². The highest BCUT2D eigenvalue weighted by molar-refractivity contribution is 5.78. The van der Waals surface area contributed by atoms with Crippen molar-refractivity contribution in [3.8, 4) is 11.4 Å². The number of hydrogen-bond donors (Lipinski definition) is 0. The Kier molecular flexibility index (Phi) is 4.92. The number of rotatable bonds is 4. The first-order valence-corrected chi connectivity index (χ1v) is 8.46. The van der Waals surface area contributed by atoms with Crippen LogP contribution in [0, 0.1) is 11.7 Å². The molecule has 1 aromatic carbocycles. The lowest BCUT2D eigenvalue weighted by Gasteiger charge is -2.32. The van der Waals surface area contributed by atoms with Crippen LogP contribution in [0.4, 0.5) is 4.39 Å². The van der Waals surface area contributed by atoms with E-state index in [0.717, 1.165) is 25.8 Å². The summed E-state index contributed by atoms with van der Waals surface area (Å²) < 4.78 is 18.7. The number of likely N-dealkylation sites (tertiary alicyclic amines) is 1. The van der Waals surface area contributed by atoms with Gasteiger partial charge in [-0.15, -0.1) is 0 Å². The zero-order valence-electron chi connectivity index (χ0n) is 14.0. The second kappa shape index (κ2) is 7.11. The molecule has 5 nitrogen and oxygen atoms in total. The van der Waals surface area contributed by atoms with Crippen molar-refractivity contribution in [3.05, 3.63) is 36.0 Å². The van der Waals surface area contributed by atoms with Crippen LogP contribution in [0.25, 0.3) is 11.4 Å². The molecule has 1 aliphatic rings. The fourth-order valence-corrected chi connectivity index (χ4v) is 3.01. The number of benzene rings is 1. The molecule has 0 spiro atoms. The van der Waals surface area contributed by atoms with Gasteiger partial charge in [-0.2, -0.15) is 4.98 Å². The number of halogens is 1. The van der Waals surface area contributed by atoms with Gasteiger partial charge >= 0.3 is 0 Å². The minimum atomic E-state index is -0.332. The number of aromatic nitrogens is 2. The van der Waals surface area contributed by atoms with E-state index >= 15 is 0 Å². The predicted octanol–water partition coefficient (Wildman–Crippen LogP) is 3.63. The average molecular weight is 331 g/mol. The Morgan fingerprint density at radius 3 is 3.08 bits per heavy atom. The quantitative estimate of drug-likeness (QED) is 0.858. The molecule has 0 aliphatic carbocycles. The number of carbonyl (C=O) groups is 1. The maximum Gasteiger partial charge on any atom is 0.231 e. The van der Waals surface area contributed by atoms with Gasteiger partial charge in [0.2, 0.25) is 17.6 Å². The molecule has 0 N–H and O–H groups in total. The molecule has 0 radical (unpaired) electrons. The molecule has 0 bridgehead atoms. The molecule has 0 unspecified atom stereocenters. The maximum absolute atomic E-state index is 13.3. The summed E-state index contributed by atoms with van der Waals surface area (Å²) in [5.41, 5.74) is 0.591. The van der Waals surface area contributed by atoms with Gasteiger partial charge in [0.05, 0.1) is 5.92 Å². The van der Waals surface area contributed by atoms with Gasteiger partial charge in [0.25, 0.3) is 0 Å². The van der Waals surface area contributed by atoms with E-state index < -0.39 is 0 Å². The molecule has 6 heteroatoms. The highest BCUT2D eigenvalue weighted by atomic mass is 19.1. The van der Waals surface area contributed by atoms with Crippen LogP contribution in [0.1, 0.15) is 44.9 Å². The van der Waals surface area contributed by atoms with Crippen molar-refractivity contribution >= 4 is 5.91 Å². The van der Waals surface area contributed by atoms with E-state index in [4.69, 9.17) is 4.52 Å². The Bertz CT molecular complexity index is 716. The molecular weight excluding hydrogens is 309 g/mol. The normalized spacial score (nSPS) is 19.3. The molecular formula is C18H22FN3O2. The number of piperidine rings is 1. The molecule has 128 valence electrons. The first-order chi connectivity index (χ1) is 11.6. The van der Waals surface area contributed by atoms with Crippen LogP contribution in [0.5, 0.6) is 0 Å². The summed E-state index contributed by atoms with van der Waals surface area (Å²) >= 11 is 0. The van der Waals surface area contributed by atoms with E-state index in [0.29, 0.717) is 23.8 Å². The van der Waals surface area contributed by atoms with Gasteiger partial charge in [-0.1, -0.05) is 31.1 Å². The molecule has 24 heavy (non-hydrogen) atoms. The van der Waals surface area contributed by atoms with Crippen LogP contribution in [0.15, 0.2) is 28.8 Å². The lowest BCUT2D eigenvalue weighted by Crippen LogP contribution is -2.41. The van der Waals surface area contributed by atoms with Crippen molar-refractivity contribution in [2.75, 3.05) is 13.1 Å².